The summed E-state index contributed by atoms with van der Waals surface area (Å²) in [5.41, 5.74) is 3.83. The predicted molar refractivity (Wildman–Crippen MR) is 134 cm³/mol. The average molecular weight is 479 g/mol. The van der Waals surface area contributed by atoms with Gasteiger partial charge in [-0.25, -0.2) is 4.68 Å². The Morgan fingerprint density at radius 3 is 2.63 bits per heavy atom. The molecule has 9 heteroatoms. The monoisotopic (exact) mass is 478 g/mol. The van der Waals surface area contributed by atoms with Crippen LogP contribution in [-0.2, 0) is 9.47 Å². The Kier molecular flexibility index (Phi) is 6.07. The number of likely N-dealkylation sites (tertiary alicyclic amines) is 1. The van der Waals surface area contributed by atoms with Gasteiger partial charge < -0.3 is 24.0 Å². The fraction of sp³-hybridized carbons (Fsp3) is 0.577. The molecule has 0 saturated carbocycles. The smallest absolute Gasteiger partial charge is 0.320 e. The Bertz CT molecular complexity index is 1210. The number of hydrogen-bond acceptors (Lipinski definition) is 8. The number of piperidine rings is 1. The molecule has 6 rings (SSSR count). The van der Waals surface area contributed by atoms with E-state index in [4.69, 9.17) is 19.3 Å². The first-order chi connectivity index (χ1) is 17.1. The van der Waals surface area contributed by atoms with Gasteiger partial charge in [0.1, 0.15) is 5.82 Å². The lowest BCUT2D eigenvalue weighted by Gasteiger charge is -2.32. The first-order valence-electron chi connectivity index (χ1n) is 12.6. The molecule has 3 aliphatic heterocycles. The Morgan fingerprint density at radius 1 is 1.09 bits per heavy atom. The zero-order valence-corrected chi connectivity index (χ0v) is 20.8. The van der Waals surface area contributed by atoms with Crippen LogP contribution in [0.5, 0.6) is 6.01 Å². The number of ether oxygens (including phenoxy) is 3. The molecule has 2 bridgehead atoms. The van der Waals surface area contributed by atoms with E-state index in [0.717, 1.165) is 81.2 Å². The standard InChI is InChI=1S/C26H34N6O3/c1-17-10-19-14-27-32(23(19)12-22(17)18-4-6-30(7-5-18)8-9-33-2)25-13-24(28-26(29-25)34-3)31-15-21-11-20(31)16-35-21/h10,12-14,18,20-21H,4-9,11,15-16H2,1-3H3/t20-,21-/m0/s1. The molecular weight excluding hydrogens is 444 g/mol. The molecule has 2 atom stereocenters. The van der Waals surface area contributed by atoms with Gasteiger partial charge in [-0.2, -0.15) is 15.1 Å². The summed E-state index contributed by atoms with van der Waals surface area (Å²) in [5.74, 6) is 2.16. The Labute approximate surface area is 206 Å². The number of aryl methyl sites for hydroxylation is 1. The van der Waals surface area contributed by atoms with Crippen LogP contribution in [0.15, 0.2) is 24.4 Å². The van der Waals surface area contributed by atoms with Crippen LogP contribution in [0.4, 0.5) is 5.82 Å². The molecule has 1 aromatic carbocycles. The summed E-state index contributed by atoms with van der Waals surface area (Å²) in [6.07, 6.45) is 5.60. The van der Waals surface area contributed by atoms with Crippen LogP contribution >= 0.6 is 0 Å². The quantitative estimate of drug-likeness (QED) is 0.513. The van der Waals surface area contributed by atoms with Crippen molar-refractivity contribution < 1.29 is 14.2 Å². The molecule has 0 radical (unpaired) electrons. The normalized spacial score (nSPS) is 23.0. The van der Waals surface area contributed by atoms with Crippen molar-refractivity contribution in [1.29, 1.82) is 0 Å². The number of methoxy groups -OCH3 is 2. The van der Waals surface area contributed by atoms with Crippen LogP contribution in [0.25, 0.3) is 16.7 Å². The number of nitrogens with zero attached hydrogens (tertiary/aromatic N) is 6. The van der Waals surface area contributed by atoms with Crippen molar-refractivity contribution in [3.05, 3.63) is 35.5 Å². The second kappa shape index (κ2) is 9.37. The number of morpholine rings is 1. The third-order valence-corrected chi connectivity index (χ3v) is 7.87. The molecule has 0 unspecified atom stereocenters. The van der Waals surface area contributed by atoms with Crippen molar-refractivity contribution in [2.24, 2.45) is 0 Å². The number of rotatable bonds is 7. The number of aromatic nitrogens is 4. The van der Waals surface area contributed by atoms with E-state index in [2.05, 4.69) is 38.8 Å². The summed E-state index contributed by atoms with van der Waals surface area (Å²) in [5, 5.41) is 5.86. The summed E-state index contributed by atoms with van der Waals surface area (Å²) in [4.78, 5) is 14.2. The van der Waals surface area contributed by atoms with E-state index in [9.17, 15) is 0 Å². The lowest BCUT2D eigenvalue weighted by molar-refractivity contribution is 0.0988. The van der Waals surface area contributed by atoms with E-state index in [1.165, 1.54) is 11.1 Å². The van der Waals surface area contributed by atoms with Gasteiger partial charge in [-0.1, -0.05) is 0 Å². The minimum Gasteiger partial charge on any atom is -0.467 e. The highest BCUT2D eigenvalue weighted by Crippen LogP contribution is 2.35. The molecule has 186 valence electrons. The first-order valence-corrected chi connectivity index (χ1v) is 12.6. The molecule has 9 nitrogen and oxygen atoms in total. The summed E-state index contributed by atoms with van der Waals surface area (Å²) in [7, 11) is 3.39. The molecule has 0 amide bonds. The molecule has 3 aromatic rings. The highest BCUT2D eigenvalue weighted by Gasteiger charge is 2.40. The molecule has 3 saturated heterocycles. The lowest BCUT2D eigenvalue weighted by Crippen LogP contribution is -2.37. The van der Waals surface area contributed by atoms with Crippen molar-refractivity contribution in [1.82, 2.24) is 24.6 Å². The van der Waals surface area contributed by atoms with Crippen molar-refractivity contribution in [2.75, 3.05) is 58.5 Å². The molecule has 3 fully saturated rings. The van der Waals surface area contributed by atoms with Crippen LogP contribution in [0.2, 0.25) is 0 Å². The molecule has 0 N–H and O–H groups in total. The highest BCUT2D eigenvalue weighted by molar-refractivity contribution is 5.82. The largest absolute Gasteiger partial charge is 0.467 e. The van der Waals surface area contributed by atoms with E-state index >= 15 is 0 Å². The van der Waals surface area contributed by atoms with Gasteiger partial charge in [0.05, 0.1) is 44.2 Å². The van der Waals surface area contributed by atoms with Crippen LogP contribution in [0.1, 0.15) is 36.3 Å². The van der Waals surface area contributed by atoms with E-state index in [-0.39, 0.29) is 0 Å². The number of benzene rings is 1. The SMILES string of the molecule is COCCN1CCC(c2cc3c(cnn3-c3cc(N4C[C@@H]5C[C@H]4CO5)nc(OC)n3)cc2C)CC1. The average Bonchev–Trinajstić information content (AvgIpc) is 3.63. The summed E-state index contributed by atoms with van der Waals surface area (Å²) in [6.45, 7) is 7.86. The van der Waals surface area contributed by atoms with Gasteiger partial charge in [0.2, 0.25) is 0 Å². The second-order valence-corrected chi connectivity index (χ2v) is 10.0. The number of anilines is 1. The van der Waals surface area contributed by atoms with Crippen LogP contribution < -0.4 is 9.64 Å². The maximum absolute atomic E-state index is 5.79. The Morgan fingerprint density at radius 2 is 1.91 bits per heavy atom. The number of hydrogen-bond donors (Lipinski definition) is 0. The fourth-order valence-electron chi connectivity index (χ4n) is 5.94. The maximum atomic E-state index is 5.79. The third-order valence-electron chi connectivity index (χ3n) is 7.87. The Hall–Kier alpha value is -2.75. The molecular formula is C26H34N6O3. The Balaban J connectivity index is 1.32. The van der Waals surface area contributed by atoms with Crippen molar-refractivity contribution in [3.63, 3.8) is 0 Å². The van der Waals surface area contributed by atoms with Crippen molar-refractivity contribution in [2.45, 2.75) is 44.2 Å². The summed E-state index contributed by atoms with van der Waals surface area (Å²) >= 11 is 0. The third kappa shape index (κ3) is 4.26. The highest BCUT2D eigenvalue weighted by atomic mass is 16.5. The van der Waals surface area contributed by atoms with E-state index in [1.54, 1.807) is 14.2 Å². The fourth-order valence-corrected chi connectivity index (χ4v) is 5.94. The predicted octanol–water partition coefficient (Wildman–Crippen LogP) is 2.94. The molecule has 2 aromatic heterocycles. The summed E-state index contributed by atoms with van der Waals surface area (Å²) in [6, 6.07) is 7.35. The van der Waals surface area contributed by atoms with E-state index in [1.807, 2.05) is 16.9 Å². The molecule has 35 heavy (non-hydrogen) atoms. The lowest BCUT2D eigenvalue weighted by atomic mass is 9.86. The topological polar surface area (TPSA) is 77.8 Å². The second-order valence-electron chi connectivity index (χ2n) is 10.0. The van der Waals surface area contributed by atoms with Crippen molar-refractivity contribution in [3.8, 4) is 11.8 Å². The van der Waals surface area contributed by atoms with Crippen LogP contribution in [0, 0.1) is 6.92 Å². The molecule has 0 spiro atoms. The number of fused-ring (bicyclic) bond motifs is 3. The minimum atomic E-state index is 0.293. The molecule has 3 aliphatic rings. The van der Waals surface area contributed by atoms with Gasteiger partial charge in [0.25, 0.3) is 0 Å². The van der Waals surface area contributed by atoms with Crippen LogP contribution in [-0.4, -0.2) is 90.4 Å². The van der Waals surface area contributed by atoms with Gasteiger partial charge in [-0.05, 0) is 68.5 Å². The molecule has 5 heterocycles. The van der Waals surface area contributed by atoms with Gasteiger partial charge in [-0.3, -0.25) is 0 Å². The van der Waals surface area contributed by atoms with Crippen LogP contribution in [0.3, 0.4) is 0 Å². The van der Waals surface area contributed by atoms with Gasteiger partial charge in [0, 0.05) is 31.7 Å². The zero-order chi connectivity index (χ0) is 23.9. The first kappa shape index (κ1) is 22.7. The molecule has 0 aliphatic carbocycles. The van der Waals surface area contributed by atoms with E-state index < -0.39 is 0 Å². The maximum Gasteiger partial charge on any atom is 0.320 e. The minimum absolute atomic E-state index is 0.293. The van der Waals surface area contributed by atoms with Gasteiger partial charge >= 0.3 is 6.01 Å². The zero-order valence-electron chi connectivity index (χ0n) is 20.8. The van der Waals surface area contributed by atoms with Gasteiger partial charge in [-0.15, -0.1) is 0 Å². The van der Waals surface area contributed by atoms with E-state index in [0.29, 0.717) is 24.1 Å². The summed E-state index contributed by atoms with van der Waals surface area (Å²) < 4.78 is 18.5. The van der Waals surface area contributed by atoms with Gasteiger partial charge in [0.15, 0.2) is 5.82 Å². The van der Waals surface area contributed by atoms with Crippen molar-refractivity contribution >= 4 is 16.7 Å².